The molecular formula is C8H14F3NO. The van der Waals surface area contributed by atoms with Crippen molar-refractivity contribution in [1.29, 1.82) is 0 Å². The van der Waals surface area contributed by atoms with E-state index in [1.807, 2.05) is 6.92 Å². The first-order chi connectivity index (χ1) is 5.79. The van der Waals surface area contributed by atoms with E-state index in [1.165, 1.54) is 7.05 Å². The van der Waals surface area contributed by atoms with Gasteiger partial charge >= 0.3 is 12.1 Å². The summed E-state index contributed by atoms with van der Waals surface area (Å²) in [6, 6.07) is 0. The number of nitrogens with zero attached hydrogens (tertiary/aromatic N) is 1. The number of carbonyl (C=O) groups is 1. The number of amides is 1. The topological polar surface area (TPSA) is 20.3 Å². The molecule has 78 valence electrons. The Morgan fingerprint density at radius 3 is 2.23 bits per heavy atom. The van der Waals surface area contributed by atoms with Gasteiger partial charge in [-0.3, -0.25) is 4.79 Å². The van der Waals surface area contributed by atoms with Gasteiger partial charge < -0.3 is 4.90 Å². The second-order valence-corrected chi connectivity index (χ2v) is 3.20. The highest BCUT2D eigenvalue weighted by Crippen LogP contribution is 2.18. The van der Waals surface area contributed by atoms with Crippen molar-refractivity contribution in [2.24, 2.45) is 5.92 Å². The van der Waals surface area contributed by atoms with E-state index >= 15 is 0 Å². The lowest BCUT2D eigenvalue weighted by Crippen LogP contribution is -2.40. The number of rotatable bonds is 3. The van der Waals surface area contributed by atoms with Crippen molar-refractivity contribution in [2.45, 2.75) is 26.4 Å². The first-order valence-corrected chi connectivity index (χ1v) is 4.11. The third-order valence-electron chi connectivity index (χ3n) is 1.87. The lowest BCUT2D eigenvalue weighted by atomic mass is 10.1. The SMILES string of the molecule is CCC(C)CN(C)C(=O)C(F)(F)F. The monoisotopic (exact) mass is 197 g/mol. The smallest absolute Gasteiger partial charge is 0.338 e. The molecule has 1 unspecified atom stereocenters. The largest absolute Gasteiger partial charge is 0.471 e. The molecule has 0 N–H and O–H groups in total. The van der Waals surface area contributed by atoms with Crippen molar-refractivity contribution in [3.05, 3.63) is 0 Å². The molecule has 0 heterocycles. The van der Waals surface area contributed by atoms with Crippen molar-refractivity contribution in [2.75, 3.05) is 13.6 Å². The molecule has 5 heteroatoms. The fraction of sp³-hybridized carbons (Fsp3) is 0.875. The Bertz CT molecular complexity index is 179. The van der Waals surface area contributed by atoms with Gasteiger partial charge in [0, 0.05) is 13.6 Å². The Kier molecular flexibility index (Phi) is 4.23. The van der Waals surface area contributed by atoms with Crippen LogP contribution in [0, 0.1) is 5.92 Å². The third-order valence-corrected chi connectivity index (χ3v) is 1.87. The zero-order valence-electron chi connectivity index (χ0n) is 7.98. The summed E-state index contributed by atoms with van der Waals surface area (Å²) in [5.74, 6) is -1.68. The van der Waals surface area contributed by atoms with Gasteiger partial charge in [0.15, 0.2) is 0 Å². The minimum atomic E-state index is -4.75. The number of hydrogen-bond acceptors (Lipinski definition) is 1. The van der Waals surface area contributed by atoms with Gasteiger partial charge in [-0.25, -0.2) is 0 Å². The van der Waals surface area contributed by atoms with Gasteiger partial charge in [0.25, 0.3) is 0 Å². The quantitative estimate of drug-likeness (QED) is 0.678. The second kappa shape index (κ2) is 4.48. The number of alkyl halides is 3. The van der Waals surface area contributed by atoms with E-state index in [9.17, 15) is 18.0 Å². The molecule has 0 fully saturated rings. The summed E-state index contributed by atoms with van der Waals surface area (Å²) in [4.78, 5) is 11.3. The fourth-order valence-corrected chi connectivity index (χ4v) is 0.896. The Balaban J connectivity index is 4.12. The molecule has 13 heavy (non-hydrogen) atoms. The van der Waals surface area contributed by atoms with Gasteiger partial charge in [-0.1, -0.05) is 20.3 Å². The van der Waals surface area contributed by atoms with Gasteiger partial charge in [-0.2, -0.15) is 13.2 Å². The van der Waals surface area contributed by atoms with Crippen LogP contribution in [-0.2, 0) is 4.79 Å². The van der Waals surface area contributed by atoms with Gasteiger partial charge in [0.1, 0.15) is 0 Å². The predicted octanol–water partition coefficient (Wildman–Crippen LogP) is 2.05. The van der Waals surface area contributed by atoms with E-state index in [1.54, 1.807) is 6.92 Å². The molecule has 1 amide bonds. The van der Waals surface area contributed by atoms with E-state index in [0.29, 0.717) is 4.90 Å². The first-order valence-electron chi connectivity index (χ1n) is 4.11. The maximum atomic E-state index is 11.9. The molecule has 0 aromatic rings. The van der Waals surface area contributed by atoms with Crippen LogP contribution in [0.3, 0.4) is 0 Å². The van der Waals surface area contributed by atoms with Gasteiger partial charge in [-0.15, -0.1) is 0 Å². The second-order valence-electron chi connectivity index (χ2n) is 3.20. The molecule has 0 aromatic carbocycles. The van der Waals surface area contributed by atoms with Crippen LogP contribution in [0.25, 0.3) is 0 Å². The van der Waals surface area contributed by atoms with Crippen LogP contribution in [-0.4, -0.2) is 30.6 Å². The number of halogens is 3. The molecule has 0 aliphatic rings. The molecule has 0 bridgehead atoms. The zero-order valence-corrected chi connectivity index (χ0v) is 7.98. The highest BCUT2D eigenvalue weighted by atomic mass is 19.4. The molecule has 0 saturated heterocycles. The van der Waals surface area contributed by atoms with Gasteiger partial charge in [0.05, 0.1) is 0 Å². The van der Waals surface area contributed by atoms with E-state index in [-0.39, 0.29) is 12.5 Å². The van der Waals surface area contributed by atoms with Crippen LogP contribution in [0.2, 0.25) is 0 Å². The van der Waals surface area contributed by atoms with Crippen LogP contribution >= 0.6 is 0 Å². The number of carbonyl (C=O) groups excluding carboxylic acids is 1. The summed E-state index contributed by atoms with van der Waals surface area (Å²) in [7, 11) is 1.17. The minimum absolute atomic E-state index is 0.0938. The molecule has 2 nitrogen and oxygen atoms in total. The Morgan fingerprint density at radius 2 is 1.92 bits per heavy atom. The standard InChI is InChI=1S/C8H14F3NO/c1-4-6(2)5-12(3)7(13)8(9,10)11/h6H,4-5H2,1-3H3. The average Bonchev–Trinajstić information content (AvgIpc) is 2.01. The van der Waals surface area contributed by atoms with Gasteiger partial charge in [0.2, 0.25) is 0 Å². The Morgan fingerprint density at radius 1 is 1.46 bits per heavy atom. The Labute approximate surface area is 75.7 Å². The lowest BCUT2D eigenvalue weighted by Gasteiger charge is -2.21. The summed E-state index contributed by atoms with van der Waals surface area (Å²) < 4.78 is 35.6. The predicted molar refractivity (Wildman–Crippen MR) is 43.1 cm³/mol. The minimum Gasteiger partial charge on any atom is -0.338 e. The van der Waals surface area contributed by atoms with E-state index in [2.05, 4.69) is 0 Å². The highest BCUT2D eigenvalue weighted by Gasteiger charge is 2.41. The molecule has 0 spiro atoms. The molecule has 0 aliphatic heterocycles. The lowest BCUT2D eigenvalue weighted by molar-refractivity contribution is -0.184. The molecule has 0 aromatic heterocycles. The van der Waals surface area contributed by atoms with E-state index < -0.39 is 12.1 Å². The molecule has 0 rings (SSSR count). The van der Waals surface area contributed by atoms with Crippen LogP contribution in [0.1, 0.15) is 20.3 Å². The van der Waals surface area contributed by atoms with E-state index in [0.717, 1.165) is 6.42 Å². The normalized spacial score (nSPS) is 14.0. The van der Waals surface area contributed by atoms with E-state index in [4.69, 9.17) is 0 Å². The molecule has 0 aliphatic carbocycles. The first kappa shape index (κ1) is 12.3. The van der Waals surface area contributed by atoms with Crippen LogP contribution in [0.5, 0.6) is 0 Å². The average molecular weight is 197 g/mol. The Hall–Kier alpha value is -0.740. The van der Waals surface area contributed by atoms with Crippen molar-refractivity contribution >= 4 is 5.91 Å². The molecule has 1 atom stereocenters. The zero-order chi connectivity index (χ0) is 10.6. The van der Waals surface area contributed by atoms with Crippen molar-refractivity contribution in [3.8, 4) is 0 Å². The van der Waals surface area contributed by atoms with Crippen LogP contribution in [0.4, 0.5) is 13.2 Å². The maximum absolute atomic E-state index is 11.9. The van der Waals surface area contributed by atoms with Crippen molar-refractivity contribution in [3.63, 3.8) is 0 Å². The van der Waals surface area contributed by atoms with Crippen molar-refractivity contribution in [1.82, 2.24) is 4.90 Å². The fourth-order valence-electron chi connectivity index (χ4n) is 0.896. The summed E-state index contributed by atoms with van der Waals surface area (Å²) in [6.45, 7) is 3.82. The van der Waals surface area contributed by atoms with Crippen LogP contribution < -0.4 is 0 Å². The molecular weight excluding hydrogens is 183 g/mol. The summed E-state index contributed by atoms with van der Waals surface area (Å²) >= 11 is 0. The summed E-state index contributed by atoms with van der Waals surface area (Å²) in [5, 5.41) is 0. The van der Waals surface area contributed by atoms with Crippen molar-refractivity contribution < 1.29 is 18.0 Å². The maximum Gasteiger partial charge on any atom is 0.471 e. The summed E-state index contributed by atoms with van der Waals surface area (Å²) in [5.41, 5.74) is 0. The molecule has 0 saturated carbocycles. The molecule has 0 radical (unpaired) electrons. The van der Waals surface area contributed by atoms with Gasteiger partial charge in [-0.05, 0) is 5.92 Å². The number of hydrogen-bond donors (Lipinski definition) is 0. The summed E-state index contributed by atoms with van der Waals surface area (Å²) in [6.07, 6.45) is -3.99. The third kappa shape index (κ3) is 4.15. The van der Waals surface area contributed by atoms with Crippen LogP contribution in [0.15, 0.2) is 0 Å². The highest BCUT2D eigenvalue weighted by molar-refractivity contribution is 5.81.